The number of fused-ring (bicyclic) bond motifs is 2. The number of nitrogens with one attached hydrogen (secondary N) is 2. The number of aliphatic hydroxyl groups is 2. The maximum atomic E-state index is 14.3. The van der Waals surface area contributed by atoms with Gasteiger partial charge in [-0.3, -0.25) is 14.9 Å². The molecule has 64 heavy (non-hydrogen) atoms. The lowest BCUT2D eigenvalue weighted by Gasteiger charge is -2.41. The quantitative estimate of drug-likeness (QED) is 0.0378. The van der Waals surface area contributed by atoms with E-state index in [2.05, 4.69) is 9.97 Å². The number of amides is 1. The van der Waals surface area contributed by atoms with E-state index in [1.807, 2.05) is 0 Å². The molecule has 0 bridgehead atoms. The van der Waals surface area contributed by atoms with Crippen molar-refractivity contribution in [2.45, 2.75) is 94.2 Å². The summed E-state index contributed by atoms with van der Waals surface area (Å²) in [5.74, 6) is -3.59. The molecule has 344 valence electrons. The number of halogens is 8. The molecule has 0 aliphatic rings. The maximum Gasteiger partial charge on any atom is 0.417 e. The van der Waals surface area contributed by atoms with Crippen molar-refractivity contribution in [3.05, 3.63) is 135 Å². The molecule has 1 amide bonds. The number of phenols is 1. The SMILES string of the molecule is CC(C)(CC(O)(Cc1cc2cc([N+](=O)[O-])ccc2[nH]1)C(F)(F)F)c1cc(F)ccc1O.COc1ccc(F)cc1C(C)(C)CC(O)(C(C)c1cc2ccc(C(N)=O)cc2[nH]1)C(F)(F)F. The number of nitrogens with zero attached hydrogens (tertiary/aromatic N) is 1. The minimum Gasteiger partial charge on any atom is -0.508 e. The van der Waals surface area contributed by atoms with Gasteiger partial charge in [0.15, 0.2) is 11.2 Å². The van der Waals surface area contributed by atoms with Crippen LogP contribution in [-0.2, 0) is 17.3 Å². The molecule has 0 spiro atoms. The predicted molar refractivity (Wildman–Crippen MR) is 222 cm³/mol. The predicted octanol–water partition coefficient (Wildman–Crippen LogP) is 10.3. The van der Waals surface area contributed by atoms with Crippen LogP contribution in [0.1, 0.15) is 86.3 Å². The molecule has 0 aliphatic heterocycles. The Morgan fingerprint density at radius 3 is 1.95 bits per heavy atom. The third kappa shape index (κ3) is 10.1. The highest BCUT2D eigenvalue weighted by molar-refractivity contribution is 5.97. The van der Waals surface area contributed by atoms with Crippen LogP contribution in [0.3, 0.4) is 0 Å². The highest BCUT2D eigenvalue weighted by atomic mass is 19.4. The number of nitrogens with two attached hydrogens (primary N) is 1. The number of primary amides is 1. The summed E-state index contributed by atoms with van der Waals surface area (Å²) in [6.45, 7) is 7.00. The van der Waals surface area contributed by atoms with Gasteiger partial charge in [-0.25, -0.2) is 8.78 Å². The van der Waals surface area contributed by atoms with E-state index >= 15 is 0 Å². The van der Waals surface area contributed by atoms with Gasteiger partial charge >= 0.3 is 12.4 Å². The fourth-order valence-corrected chi connectivity index (χ4v) is 8.11. The number of rotatable bonds is 13. The molecule has 11 nitrogen and oxygen atoms in total. The number of aromatic nitrogens is 2. The molecular formula is C45H46F8N4O7. The molecule has 0 radical (unpaired) electrons. The fourth-order valence-electron chi connectivity index (χ4n) is 8.11. The number of nitro groups is 1. The van der Waals surface area contributed by atoms with Crippen molar-refractivity contribution in [2.24, 2.45) is 5.73 Å². The molecule has 19 heteroatoms. The number of methoxy groups -OCH3 is 1. The van der Waals surface area contributed by atoms with Gasteiger partial charge in [0.25, 0.3) is 5.69 Å². The normalized spacial score (nSPS) is 14.9. The lowest BCUT2D eigenvalue weighted by molar-refractivity contribution is -0.384. The lowest BCUT2D eigenvalue weighted by atomic mass is 9.70. The summed E-state index contributed by atoms with van der Waals surface area (Å²) in [4.78, 5) is 27.3. The van der Waals surface area contributed by atoms with E-state index < -0.39 is 82.0 Å². The molecule has 0 saturated heterocycles. The first-order chi connectivity index (χ1) is 29.4. The molecule has 6 rings (SSSR count). The van der Waals surface area contributed by atoms with Crippen molar-refractivity contribution in [3.8, 4) is 11.5 Å². The van der Waals surface area contributed by atoms with E-state index in [4.69, 9.17) is 10.5 Å². The van der Waals surface area contributed by atoms with Crippen LogP contribution in [0.4, 0.5) is 40.8 Å². The molecule has 2 aromatic heterocycles. The van der Waals surface area contributed by atoms with Gasteiger partial charge < -0.3 is 35.8 Å². The number of H-pyrrole nitrogens is 2. The zero-order chi connectivity index (χ0) is 48.0. The van der Waals surface area contributed by atoms with Crippen LogP contribution in [0.2, 0.25) is 0 Å². The number of alkyl halides is 6. The van der Waals surface area contributed by atoms with E-state index in [1.165, 1.54) is 90.3 Å². The topological polar surface area (TPSA) is 188 Å². The highest BCUT2D eigenvalue weighted by Gasteiger charge is 2.60. The van der Waals surface area contributed by atoms with Crippen LogP contribution in [0, 0.1) is 21.7 Å². The summed E-state index contributed by atoms with van der Waals surface area (Å²) >= 11 is 0. The Bertz CT molecular complexity index is 2690. The summed E-state index contributed by atoms with van der Waals surface area (Å²) in [6, 6.07) is 17.7. The first-order valence-corrected chi connectivity index (χ1v) is 19.5. The Labute approximate surface area is 361 Å². The Balaban J connectivity index is 0.000000241. The standard InChI is InChI=1S/C24H26F4N2O3.C21H20F4N2O4/c1-13(18-9-14-5-6-15(21(29)31)10-19(14)30-18)23(32,24(26,27)28)12-22(2,3)17-11-16(25)7-8-20(17)33-4;1-19(2,16-9-13(22)3-6-18(16)28)11-20(29,21(23,24)25)10-14-7-12-8-15(27(30)31)4-5-17(12)26-14/h5-11,13,30,32H,12H2,1-4H3,(H2,29,31);3-9,26,28-29H,10-11H2,1-2H3. The second-order valence-electron chi connectivity index (χ2n) is 17.2. The van der Waals surface area contributed by atoms with Crippen LogP contribution in [0.5, 0.6) is 11.5 Å². The maximum absolute atomic E-state index is 14.3. The number of non-ortho nitro benzene ring substituents is 1. The van der Waals surface area contributed by atoms with Gasteiger partial charge in [-0.05, 0) is 95.8 Å². The Morgan fingerprint density at radius 2 is 1.38 bits per heavy atom. The van der Waals surface area contributed by atoms with Crippen molar-refractivity contribution in [2.75, 3.05) is 7.11 Å². The second kappa shape index (κ2) is 17.4. The van der Waals surface area contributed by atoms with Crippen molar-refractivity contribution in [3.63, 3.8) is 0 Å². The largest absolute Gasteiger partial charge is 0.508 e. The van der Waals surface area contributed by atoms with E-state index in [1.54, 1.807) is 6.07 Å². The number of carbonyl (C=O) groups excluding carboxylic acids is 1. The number of nitro benzene ring substituents is 1. The van der Waals surface area contributed by atoms with Gasteiger partial charge in [-0.2, -0.15) is 26.3 Å². The number of aromatic hydroxyl groups is 1. The molecule has 2 heterocycles. The Hall–Kier alpha value is -6.21. The first kappa shape index (κ1) is 48.8. The third-order valence-corrected chi connectivity index (χ3v) is 11.5. The Kier molecular flexibility index (Phi) is 13.3. The zero-order valence-electron chi connectivity index (χ0n) is 35.3. The van der Waals surface area contributed by atoms with Crippen LogP contribution < -0.4 is 10.5 Å². The number of carbonyl (C=O) groups is 1. The zero-order valence-corrected chi connectivity index (χ0v) is 35.3. The average molecular weight is 907 g/mol. The van der Waals surface area contributed by atoms with Gasteiger partial charge in [0.2, 0.25) is 5.91 Å². The van der Waals surface area contributed by atoms with Crippen molar-refractivity contribution >= 4 is 33.4 Å². The molecule has 3 unspecified atom stereocenters. The minimum atomic E-state index is -5.05. The fraction of sp³-hybridized carbons (Fsp3) is 0.356. The molecule has 4 aromatic carbocycles. The molecule has 0 aliphatic carbocycles. The van der Waals surface area contributed by atoms with E-state index in [0.717, 1.165) is 30.3 Å². The van der Waals surface area contributed by atoms with Crippen LogP contribution in [0.25, 0.3) is 21.8 Å². The number of phenolic OH excluding ortho intramolecular Hbond substituents is 1. The van der Waals surface area contributed by atoms with Gasteiger partial charge in [0, 0.05) is 69.0 Å². The number of aromatic amines is 2. The smallest absolute Gasteiger partial charge is 0.417 e. The number of hydrogen-bond donors (Lipinski definition) is 6. The molecule has 0 saturated carbocycles. The van der Waals surface area contributed by atoms with Gasteiger partial charge in [-0.1, -0.05) is 40.7 Å². The minimum absolute atomic E-state index is 0.0228. The summed E-state index contributed by atoms with van der Waals surface area (Å²) in [7, 11) is 1.34. The van der Waals surface area contributed by atoms with Crippen molar-refractivity contribution in [1.29, 1.82) is 0 Å². The van der Waals surface area contributed by atoms with E-state index in [9.17, 15) is 65.4 Å². The number of benzene rings is 4. The molecule has 0 fully saturated rings. The van der Waals surface area contributed by atoms with Gasteiger partial charge in [-0.15, -0.1) is 0 Å². The highest BCUT2D eigenvalue weighted by Crippen LogP contribution is 2.50. The van der Waals surface area contributed by atoms with Crippen molar-refractivity contribution in [1.82, 2.24) is 9.97 Å². The van der Waals surface area contributed by atoms with Crippen LogP contribution in [0.15, 0.2) is 84.9 Å². The molecule has 6 aromatic rings. The summed E-state index contributed by atoms with van der Waals surface area (Å²) < 4.78 is 118. The van der Waals surface area contributed by atoms with Crippen LogP contribution >= 0.6 is 0 Å². The monoisotopic (exact) mass is 906 g/mol. The number of ether oxygens (including phenoxy) is 1. The molecule has 7 N–H and O–H groups in total. The second-order valence-corrected chi connectivity index (χ2v) is 17.2. The molecule has 3 atom stereocenters. The van der Waals surface area contributed by atoms with E-state index in [0.29, 0.717) is 21.8 Å². The lowest BCUT2D eigenvalue weighted by Crippen LogP contribution is -2.52. The van der Waals surface area contributed by atoms with Gasteiger partial charge in [0.1, 0.15) is 23.1 Å². The van der Waals surface area contributed by atoms with Gasteiger partial charge in [0.05, 0.1) is 12.0 Å². The third-order valence-electron chi connectivity index (χ3n) is 11.5. The first-order valence-electron chi connectivity index (χ1n) is 19.5. The molecular weight excluding hydrogens is 860 g/mol. The summed E-state index contributed by atoms with van der Waals surface area (Å²) in [6.07, 6.45) is -12.5. The number of hydrogen-bond acceptors (Lipinski definition) is 7. The Morgan fingerprint density at radius 1 is 0.766 bits per heavy atom. The van der Waals surface area contributed by atoms with Crippen molar-refractivity contribution < 1.29 is 64.9 Å². The van der Waals surface area contributed by atoms with Crippen LogP contribution in [-0.4, -0.2) is 66.8 Å². The van der Waals surface area contributed by atoms with E-state index in [-0.39, 0.29) is 45.3 Å². The average Bonchev–Trinajstić information content (AvgIpc) is 3.80. The summed E-state index contributed by atoms with van der Waals surface area (Å²) in [5.41, 5.74) is -2.77. The summed E-state index contributed by atoms with van der Waals surface area (Å²) in [5, 5.41) is 43.7.